The highest BCUT2D eigenvalue weighted by molar-refractivity contribution is 6.35. The maximum absolute atomic E-state index is 10.6. The number of benzene rings is 1. The topological polar surface area (TPSA) is 50.1 Å². The number of aromatic nitrogens is 2. The zero-order valence-electron chi connectivity index (χ0n) is 12.6. The van der Waals surface area contributed by atoms with Crippen molar-refractivity contribution in [2.45, 2.75) is 31.4 Å². The molecule has 2 unspecified atom stereocenters. The van der Waals surface area contributed by atoms with Gasteiger partial charge in [0.1, 0.15) is 5.60 Å². The second-order valence-corrected chi connectivity index (χ2v) is 6.95. The molecule has 0 radical (unpaired) electrons. The molecule has 0 bridgehead atoms. The molecule has 0 aliphatic heterocycles. The molecule has 1 aliphatic rings. The molecule has 1 aliphatic carbocycles. The summed E-state index contributed by atoms with van der Waals surface area (Å²) in [5, 5.41) is 19.6. The van der Waals surface area contributed by atoms with Gasteiger partial charge < -0.3 is 10.4 Å². The fourth-order valence-electron chi connectivity index (χ4n) is 2.98. The molecule has 2 aromatic rings. The average molecular weight is 340 g/mol. The first-order valence-corrected chi connectivity index (χ1v) is 8.05. The zero-order valence-corrected chi connectivity index (χ0v) is 14.1. The molecule has 6 heteroatoms. The molecule has 2 N–H and O–H groups in total. The molecule has 0 fully saturated rings. The van der Waals surface area contributed by atoms with E-state index in [1.165, 1.54) is 0 Å². The minimum atomic E-state index is -0.973. The van der Waals surface area contributed by atoms with Gasteiger partial charge in [0.15, 0.2) is 0 Å². The SMILES string of the molecule is Cn1cc(C(C)(O)CNC2CCc3c(Cl)cc(Cl)cc32)cn1. The zero-order chi connectivity index (χ0) is 15.9. The highest BCUT2D eigenvalue weighted by Gasteiger charge is 2.29. The number of fused-ring (bicyclic) bond motifs is 1. The van der Waals surface area contributed by atoms with E-state index in [4.69, 9.17) is 23.2 Å². The third kappa shape index (κ3) is 3.01. The van der Waals surface area contributed by atoms with E-state index in [2.05, 4.69) is 10.4 Å². The van der Waals surface area contributed by atoms with Crippen molar-refractivity contribution in [1.29, 1.82) is 0 Å². The Morgan fingerprint density at radius 2 is 2.23 bits per heavy atom. The van der Waals surface area contributed by atoms with E-state index in [1.807, 2.05) is 19.3 Å². The fraction of sp³-hybridized carbons (Fsp3) is 0.438. The van der Waals surface area contributed by atoms with Gasteiger partial charge in [0, 0.05) is 41.4 Å². The second-order valence-electron chi connectivity index (χ2n) is 6.10. The lowest BCUT2D eigenvalue weighted by atomic mass is 9.98. The van der Waals surface area contributed by atoms with Crippen LogP contribution in [0.4, 0.5) is 0 Å². The van der Waals surface area contributed by atoms with Crippen molar-refractivity contribution in [3.05, 3.63) is 51.3 Å². The first kappa shape index (κ1) is 15.8. The summed E-state index contributed by atoms with van der Waals surface area (Å²) in [5.74, 6) is 0. The van der Waals surface area contributed by atoms with Crippen molar-refractivity contribution in [2.75, 3.05) is 6.54 Å². The van der Waals surface area contributed by atoms with Gasteiger partial charge in [0.25, 0.3) is 0 Å². The van der Waals surface area contributed by atoms with Crippen LogP contribution in [0.2, 0.25) is 10.0 Å². The molecule has 1 heterocycles. The van der Waals surface area contributed by atoms with Crippen molar-refractivity contribution < 1.29 is 5.11 Å². The van der Waals surface area contributed by atoms with Gasteiger partial charge in [-0.2, -0.15) is 5.10 Å². The van der Waals surface area contributed by atoms with Gasteiger partial charge >= 0.3 is 0 Å². The van der Waals surface area contributed by atoms with E-state index >= 15 is 0 Å². The molecule has 22 heavy (non-hydrogen) atoms. The van der Waals surface area contributed by atoms with Crippen molar-refractivity contribution >= 4 is 23.2 Å². The smallest absolute Gasteiger partial charge is 0.102 e. The molecule has 3 rings (SSSR count). The number of aryl methyl sites for hydroxylation is 1. The summed E-state index contributed by atoms with van der Waals surface area (Å²) in [6.07, 6.45) is 5.41. The molecule has 4 nitrogen and oxygen atoms in total. The van der Waals surface area contributed by atoms with Gasteiger partial charge in [-0.3, -0.25) is 4.68 Å². The van der Waals surface area contributed by atoms with Gasteiger partial charge in [-0.15, -0.1) is 0 Å². The first-order chi connectivity index (χ1) is 10.4. The van der Waals surface area contributed by atoms with E-state index in [9.17, 15) is 5.11 Å². The van der Waals surface area contributed by atoms with Crippen LogP contribution >= 0.6 is 23.2 Å². The van der Waals surface area contributed by atoms with Crippen LogP contribution in [-0.2, 0) is 19.1 Å². The van der Waals surface area contributed by atoms with E-state index in [0.29, 0.717) is 11.6 Å². The number of hydrogen-bond donors (Lipinski definition) is 2. The summed E-state index contributed by atoms with van der Waals surface area (Å²) < 4.78 is 1.69. The molecule has 2 atom stereocenters. The quantitative estimate of drug-likeness (QED) is 0.899. The maximum atomic E-state index is 10.6. The van der Waals surface area contributed by atoms with Crippen LogP contribution in [0.15, 0.2) is 24.5 Å². The Balaban J connectivity index is 1.74. The van der Waals surface area contributed by atoms with E-state index < -0.39 is 5.60 Å². The van der Waals surface area contributed by atoms with E-state index in [0.717, 1.165) is 34.6 Å². The van der Waals surface area contributed by atoms with Crippen LogP contribution < -0.4 is 5.32 Å². The highest BCUT2D eigenvalue weighted by atomic mass is 35.5. The fourth-order valence-corrected chi connectivity index (χ4v) is 3.58. The van der Waals surface area contributed by atoms with Crippen molar-refractivity contribution in [1.82, 2.24) is 15.1 Å². The Bertz CT molecular complexity index is 697. The van der Waals surface area contributed by atoms with Crippen LogP contribution in [0.1, 0.15) is 36.1 Å². The van der Waals surface area contributed by atoms with Crippen LogP contribution in [0, 0.1) is 0 Å². The monoisotopic (exact) mass is 339 g/mol. The lowest BCUT2D eigenvalue weighted by Gasteiger charge is -2.25. The number of hydrogen-bond acceptors (Lipinski definition) is 3. The molecule has 1 aromatic carbocycles. The Hall–Kier alpha value is -1.07. The summed E-state index contributed by atoms with van der Waals surface area (Å²) >= 11 is 12.4. The third-order valence-corrected chi connectivity index (χ3v) is 4.83. The Morgan fingerprint density at radius 3 is 2.91 bits per heavy atom. The minimum absolute atomic E-state index is 0.161. The predicted molar refractivity (Wildman–Crippen MR) is 88.3 cm³/mol. The van der Waals surface area contributed by atoms with Crippen LogP contribution in [0.5, 0.6) is 0 Å². The summed E-state index contributed by atoms with van der Waals surface area (Å²) in [5.41, 5.74) is 2.12. The van der Waals surface area contributed by atoms with Gasteiger partial charge in [-0.25, -0.2) is 0 Å². The highest BCUT2D eigenvalue weighted by Crippen LogP contribution is 2.38. The molecule has 1 aromatic heterocycles. The average Bonchev–Trinajstić information content (AvgIpc) is 3.03. The second kappa shape index (κ2) is 5.85. The van der Waals surface area contributed by atoms with Crippen molar-refractivity contribution in [3.8, 4) is 0 Å². The Labute approximate surface area is 140 Å². The third-order valence-electron chi connectivity index (χ3n) is 4.27. The number of halogens is 2. The molecule has 0 saturated carbocycles. The summed E-state index contributed by atoms with van der Waals surface area (Å²) in [6.45, 7) is 2.23. The number of nitrogens with one attached hydrogen (secondary N) is 1. The van der Waals surface area contributed by atoms with Crippen LogP contribution in [0.3, 0.4) is 0 Å². The summed E-state index contributed by atoms with van der Waals surface area (Å²) in [6, 6.07) is 3.91. The molecule has 0 amide bonds. The number of aliphatic hydroxyl groups is 1. The van der Waals surface area contributed by atoms with E-state index in [1.54, 1.807) is 23.9 Å². The van der Waals surface area contributed by atoms with Crippen molar-refractivity contribution in [3.63, 3.8) is 0 Å². The molecular formula is C16H19Cl2N3O. The van der Waals surface area contributed by atoms with Crippen LogP contribution in [0.25, 0.3) is 0 Å². The van der Waals surface area contributed by atoms with Crippen molar-refractivity contribution in [2.24, 2.45) is 7.05 Å². The molecule has 118 valence electrons. The van der Waals surface area contributed by atoms with E-state index in [-0.39, 0.29) is 6.04 Å². The van der Waals surface area contributed by atoms with Gasteiger partial charge in [0.05, 0.1) is 6.20 Å². The normalized spacial score (nSPS) is 20.0. The standard InChI is InChI=1S/C16H19Cl2N3O/c1-16(22,10-7-20-21(2)8-10)9-19-15-4-3-12-13(15)5-11(17)6-14(12)18/h5-8,15,19,22H,3-4,9H2,1-2H3. The number of rotatable bonds is 4. The Morgan fingerprint density at radius 1 is 1.45 bits per heavy atom. The molecule has 0 saturated heterocycles. The molecule has 0 spiro atoms. The minimum Gasteiger partial charge on any atom is -0.384 e. The largest absolute Gasteiger partial charge is 0.384 e. The van der Waals surface area contributed by atoms with Gasteiger partial charge in [-0.05, 0) is 43.0 Å². The first-order valence-electron chi connectivity index (χ1n) is 7.29. The summed E-state index contributed by atoms with van der Waals surface area (Å²) in [7, 11) is 1.84. The number of nitrogens with zero attached hydrogens (tertiary/aromatic N) is 2. The Kier molecular flexibility index (Phi) is 4.21. The van der Waals surface area contributed by atoms with Crippen LogP contribution in [-0.4, -0.2) is 21.4 Å². The lowest BCUT2D eigenvalue weighted by Crippen LogP contribution is -2.36. The molecular weight excluding hydrogens is 321 g/mol. The van der Waals surface area contributed by atoms with Gasteiger partial charge in [-0.1, -0.05) is 23.2 Å². The predicted octanol–water partition coefficient (Wildman–Crippen LogP) is 3.21. The lowest BCUT2D eigenvalue weighted by molar-refractivity contribution is 0.0537. The van der Waals surface area contributed by atoms with Gasteiger partial charge in [0.2, 0.25) is 0 Å². The maximum Gasteiger partial charge on any atom is 0.102 e. The summed E-state index contributed by atoms with van der Waals surface area (Å²) in [4.78, 5) is 0.